The molecule has 4 heteroatoms. The second-order valence-corrected chi connectivity index (χ2v) is 7.18. The fourth-order valence-electron chi connectivity index (χ4n) is 3.36. The quantitative estimate of drug-likeness (QED) is 0.841. The fourth-order valence-corrected chi connectivity index (χ4v) is 4.26. The van der Waals surface area contributed by atoms with Gasteiger partial charge >= 0.3 is 0 Å². The van der Waals surface area contributed by atoms with Crippen LogP contribution in [-0.4, -0.2) is 30.4 Å². The number of nitrogens with two attached hydrogens (primary N) is 1. The van der Waals surface area contributed by atoms with Crippen LogP contribution in [0.4, 0.5) is 0 Å². The molecule has 1 aliphatic heterocycles. The molecule has 2 N–H and O–H groups in total. The van der Waals surface area contributed by atoms with Crippen molar-refractivity contribution in [2.75, 3.05) is 19.6 Å². The normalized spacial score (nSPS) is 17.1. The molecule has 3 nitrogen and oxygen atoms in total. The summed E-state index contributed by atoms with van der Waals surface area (Å²) in [6.45, 7) is 6.68. The molecule has 3 rings (SSSR count). The molecule has 0 spiro atoms. The molecule has 1 atom stereocenters. The highest BCUT2D eigenvalue weighted by Gasteiger charge is 2.33. The van der Waals surface area contributed by atoms with Crippen LogP contribution in [0, 0.1) is 6.92 Å². The van der Waals surface area contributed by atoms with Crippen LogP contribution in [0.2, 0.25) is 0 Å². The number of carbonyl (C=O) groups is 1. The lowest BCUT2D eigenvalue weighted by atomic mass is 9.90. The molecule has 2 aromatic rings. The highest BCUT2D eigenvalue weighted by atomic mass is 32.1. The molecule has 0 radical (unpaired) electrons. The van der Waals surface area contributed by atoms with E-state index in [0.29, 0.717) is 6.54 Å². The van der Waals surface area contributed by atoms with Crippen molar-refractivity contribution in [2.24, 2.45) is 0 Å². The maximum absolute atomic E-state index is 12.8. The van der Waals surface area contributed by atoms with Crippen molar-refractivity contribution in [3.8, 4) is 0 Å². The van der Waals surface area contributed by atoms with Gasteiger partial charge in [-0.3, -0.25) is 4.79 Å². The number of quaternary nitrogens is 1. The summed E-state index contributed by atoms with van der Waals surface area (Å²) in [4.78, 5) is 16.3. The minimum atomic E-state index is 0.0775. The summed E-state index contributed by atoms with van der Waals surface area (Å²) in [5.74, 6) is 0.253. The standard InChI is InChI=1S/C19H24N2OS/c1-3-10-20-13-18(22)21-11-8-17-16(9-12-23-17)19(21)15-7-5-4-6-14(15)2/h4-7,9,12,19-20H,3,8,10-11,13H2,1-2H3/p+1/t19-/m0/s1. The van der Waals surface area contributed by atoms with E-state index in [9.17, 15) is 4.79 Å². The number of nitrogens with zero attached hydrogens (tertiary/aromatic N) is 1. The number of aryl methyl sites for hydroxylation is 1. The predicted molar refractivity (Wildman–Crippen MR) is 94.7 cm³/mol. The number of carbonyl (C=O) groups excluding carboxylic acids is 1. The molecule has 2 heterocycles. The molecule has 1 aliphatic rings. The molecule has 1 aromatic heterocycles. The smallest absolute Gasteiger partial charge is 0.278 e. The van der Waals surface area contributed by atoms with Crippen molar-refractivity contribution >= 4 is 17.2 Å². The zero-order chi connectivity index (χ0) is 16.2. The Labute approximate surface area is 142 Å². The van der Waals surface area contributed by atoms with Gasteiger partial charge in [0, 0.05) is 11.4 Å². The fraction of sp³-hybridized carbons (Fsp3) is 0.421. The molecule has 122 valence electrons. The summed E-state index contributed by atoms with van der Waals surface area (Å²) in [5.41, 5.74) is 3.84. The first-order chi connectivity index (χ1) is 11.2. The van der Waals surface area contributed by atoms with E-state index >= 15 is 0 Å². The van der Waals surface area contributed by atoms with Crippen LogP contribution in [-0.2, 0) is 11.2 Å². The lowest BCUT2D eigenvalue weighted by Crippen LogP contribution is -2.86. The summed E-state index contributed by atoms with van der Waals surface area (Å²) < 4.78 is 0. The van der Waals surface area contributed by atoms with Gasteiger partial charge in [-0.25, -0.2) is 0 Å². The Balaban J connectivity index is 1.93. The van der Waals surface area contributed by atoms with Crippen LogP contribution in [0.15, 0.2) is 35.7 Å². The minimum absolute atomic E-state index is 0.0775. The topological polar surface area (TPSA) is 36.9 Å². The van der Waals surface area contributed by atoms with Crippen molar-refractivity contribution in [2.45, 2.75) is 32.7 Å². The number of hydrogen-bond acceptors (Lipinski definition) is 2. The number of hydrogen-bond donors (Lipinski definition) is 1. The Bertz CT molecular complexity index is 680. The molecular formula is C19H25N2OS+. The molecule has 0 saturated heterocycles. The third-order valence-corrected chi connectivity index (χ3v) is 5.58. The van der Waals surface area contributed by atoms with E-state index in [4.69, 9.17) is 0 Å². The molecule has 0 unspecified atom stereocenters. The molecule has 0 fully saturated rings. The van der Waals surface area contributed by atoms with Gasteiger partial charge in [-0.1, -0.05) is 31.2 Å². The van der Waals surface area contributed by atoms with Crippen LogP contribution < -0.4 is 5.32 Å². The molecular weight excluding hydrogens is 304 g/mol. The molecule has 0 aliphatic carbocycles. The number of thiophene rings is 1. The molecule has 0 bridgehead atoms. The van der Waals surface area contributed by atoms with E-state index in [-0.39, 0.29) is 11.9 Å². The molecule has 0 saturated carbocycles. The zero-order valence-electron chi connectivity index (χ0n) is 13.9. The van der Waals surface area contributed by atoms with Crippen molar-refractivity contribution in [1.29, 1.82) is 0 Å². The van der Waals surface area contributed by atoms with Crippen molar-refractivity contribution in [3.05, 3.63) is 57.3 Å². The molecule has 23 heavy (non-hydrogen) atoms. The molecule has 1 amide bonds. The Morgan fingerprint density at radius 2 is 2.13 bits per heavy atom. The lowest BCUT2D eigenvalue weighted by Gasteiger charge is -2.36. The highest BCUT2D eigenvalue weighted by Crippen LogP contribution is 2.38. The first-order valence-corrected chi connectivity index (χ1v) is 9.33. The maximum atomic E-state index is 12.8. The van der Waals surface area contributed by atoms with E-state index in [1.807, 2.05) is 11.3 Å². The number of fused-ring (bicyclic) bond motifs is 1. The lowest BCUT2D eigenvalue weighted by molar-refractivity contribution is -0.644. The predicted octanol–water partition coefficient (Wildman–Crippen LogP) is 2.50. The van der Waals surface area contributed by atoms with Crippen molar-refractivity contribution in [1.82, 2.24) is 4.90 Å². The van der Waals surface area contributed by atoms with Crippen LogP contribution in [0.25, 0.3) is 0 Å². The summed E-state index contributed by atoms with van der Waals surface area (Å²) in [6, 6.07) is 10.7. The molecule has 1 aromatic carbocycles. The van der Waals surface area contributed by atoms with Gasteiger partial charge in [0.1, 0.15) is 0 Å². The van der Waals surface area contributed by atoms with E-state index in [0.717, 1.165) is 25.9 Å². The first kappa shape index (κ1) is 16.2. The third-order valence-electron chi connectivity index (χ3n) is 4.58. The Kier molecular flexibility index (Phi) is 5.13. The Morgan fingerprint density at radius 1 is 1.30 bits per heavy atom. The SMILES string of the molecule is CCC[NH2+]CC(=O)N1CCc2sccc2[C@@H]1c1ccccc1C. The van der Waals surface area contributed by atoms with Crippen LogP contribution in [0.1, 0.15) is 41.0 Å². The second kappa shape index (κ2) is 7.28. The largest absolute Gasteiger partial charge is 0.338 e. The van der Waals surface area contributed by atoms with Gasteiger partial charge < -0.3 is 10.2 Å². The maximum Gasteiger partial charge on any atom is 0.278 e. The number of rotatable bonds is 5. The van der Waals surface area contributed by atoms with E-state index < -0.39 is 0 Å². The van der Waals surface area contributed by atoms with Gasteiger partial charge in [-0.2, -0.15) is 0 Å². The average molecular weight is 329 g/mol. The average Bonchev–Trinajstić information content (AvgIpc) is 3.03. The summed E-state index contributed by atoms with van der Waals surface area (Å²) in [7, 11) is 0. The first-order valence-electron chi connectivity index (χ1n) is 8.45. The number of amides is 1. The van der Waals surface area contributed by atoms with Crippen LogP contribution in [0.3, 0.4) is 0 Å². The van der Waals surface area contributed by atoms with Gasteiger partial charge in [0.25, 0.3) is 5.91 Å². The number of benzene rings is 1. The zero-order valence-corrected chi connectivity index (χ0v) is 14.7. The third kappa shape index (κ3) is 3.33. The van der Waals surface area contributed by atoms with E-state index in [1.54, 1.807) is 0 Å². The van der Waals surface area contributed by atoms with Gasteiger partial charge in [0.2, 0.25) is 0 Å². The van der Waals surface area contributed by atoms with Gasteiger partial charge in [-0.05, 0) is 47.9 Å². The highest BCUT2D eigenvalue weighted by molar-refractivity contribution is 7.10. The van der Waals surface area contributed by atoms with Gasteiger partial charge in [0.15, 0.2) is 6.54 Å². The minimum Gasteiger partial charge on any atom is -0.338 e. The Hall–Kier alpha value is -1.65. The monoisotopic (exact) mass is 329 g/mol. The van der Waals surface area contributed by atoms with Gasteiger partial charge in [0.05, 0.1) is 12.6 Å². The second-order valence-electron chi connectivity index (χ2n) is 6.18. The van der Waals surface area contributed by atoms with Crippen molar-refractivity contribution < 1.29 is 10.1 Å². The van der Waals surface area contributed by atoms with Gasteiger partial charge in [-0.15, -0.1) is 11.3 Å². The summed E-state index contributed by atoms with van der Waals surface area (Å²) in [5, 5.41) is 4.29. The van der Waals surface area contributed by atoms with E-state index in [1.165, 1.54) is 21.6 Å². The van der Waals surface area contributed by atoms with Crippen molar-refractivity contribution in [3.63, 3.8) is 0 Å². The van der Waals surface area contributed by atoms with Crippen LogP contribution in [0.5, 0.6) is 0 Å². The van der Waals surface area contributed by atoms with E-state index in [2.05, 4.69) is 59.8 Å². The Morgan fingerprint density at radius 3 is 2.91 bits per heavy atom. The summed E-state index contributed by atoms with van der Waals surface area (Å²) in [6.07, 6.45) is 2.08. The van der Waals surface area contributed by atoms with Crippen LogP contribution >= 0.6 is 11.3 Å². The summed E-state index contributed by atoms with van der Waals surface area (Å²) >= 11 is 1.82.